The Bertz CT molecular complexity index is 1230. The van der Waals surface area contributed by atoms with Crippen LogP contribution in [-0.2, 0) is 16.8 Å². The SMILES string of the molecule is CC(C)(C)c1cc(F)c(C(=O)N2[C@@H](c3nccs3)[C@@H](CO)C[C@@]2(Cn2cccn2)C(=O)O)cc1Br. The first-order valence-electron chi connectivity index (χ1n) is 11.0. The lowest BCUT2D eigenvalue weighted by molar-refractivity contribution is -0.150. The van der Waals surface area contributed by atoms with E-state index in [2.05, 4.69) is 26.0 Å². The monoisotopic (exact) mass is 564 g/mol. The lowest BCUT2D eigenvalue weighted by Crippen LogP contribution is -2.56. The minimum Gasteiger partial charge on any atom is -0.479 e. The van der Waals surface area contributed by atoms with Crippen molar-refractivity contribution in [3.8, 4) is 0 Å². The van der Waals surface area contributed by atoms with Crippen molar-refractivity contribution in [1.82, 2.24) is 19.7 Å². The number of likely N-dealkylation sites (tertiary alicyclic amines) is 1. The number of nitrogens with zero attached hydrogens (tertiary/aromatic N) is 4. The standard InChI is InChI=1S/C24H26BrFN4O4S/c1-23(2,3)16-10-18(26)15(9-17(16)25)21(32)30-19(20-27-6-8-35-20)14(12-31)11-24(30,22(33)34)13-29-7-4-5-28-29/h4-10,14,19,31H,11-13H2,1-3H3,(H,33,34)/t14-,19-,24-/m1/s1. The van der Waals surface area contributed by atoms with Crippen LogP contribution in [0.2, 0.25) is 0 Å². The van der Waals surface area contributed by atoms with Gasteiger partial charge in [0.05, 0.1) is 18.2 Å². The van der Waals surface area contributed by atoms with Crippen LogP contribution >= 0.6 is 27.3 Å². The fourth-order valence-electron chi connectivity index (χ4n) is 4.77. The fourth-order valence-corrected chi connectivity index (χ4v) is 6.53. The van der Waals surface area contributed by atoms with Gasteiger partial charge in [-0.25, -0.2) is 14.2 Å². The molecule has 0 aliphatic carbocycles. The molecule has 3 atom stereocenters. The minimum absolute atomic E-state index is 0.0441. The van der Waals surface area contributed by atoms with Crippen LogP contribution in [-0.4, -0.2) is 53.9 Å². The van der Waals surface area contributed by atoms with E-state index in [0.717, 1.165) is 0 Å². The molecule has 2 N–H and O–H groups in total. The van der Waals surface area contributed by atoms with E-state index in [1.807, 2.05) is 20.8 Å². The van der Waals surface area contributed by atoms with Crippen molar-refractivity contribution in [2.75, 3.05) is 6.61 Å². The molecule has 1 aromatic carbocycles. The Morgan fingerprint density at radius 2 is 2.06 bits per heavy atom. The zero-order valence-electron chi connectivity index (χ0n) is 19.5. The number of carbonyl (C=O) groups excluding carboxylic acids is 1. The number of amides is 1. The van der Waals surface area contributed by atoms with Gasteiger partial charge in [-0.2, -0.15) is 5.10 Å². The molecule has 3 aromatic rings. The normalized spacial score (nSPS) is 22.5. The predicted molar refractivity (Wildman–Crippen MR) is 132 cm³/mol. The number of aliphatic carboxylic acids is 1. The van der Waals surface area contributed by atoms with Gasteiger partial charge in [0.15, 0.2) is 5.54 Å². The van der Waals surface area contributed by atoms with Crippen LogP contribution < -0.4 is 0 Å². The van der Waals surface area contributed by atoms with Crippen molar-refractivity contribution in [1.29, 1.82) is 0 Å². The number of hydrogen-bond acceptors (Lipinski definition) is 6. The highest BCUT2D eigenvalue weighted by atomic mass is 79.9. The Labute approximate surface area is 214 Å². The summed E-state index contributed by atoms with van der Waals surface area (Å²) < 4.78 is 17.4. The van der Waals surface area contributed by atoms with Gasteiger partial charge in [0, 0.05) is 41.0 Å². The third kappa shape index (κ3) is 4.52. The maximum Gasteiger partial charge on any atom is 0.331 e. The molecule has 11 heteroatoms. The van der Waals surface area contributed by atoms with Crippen molar-refractivity contribution in [2.45, 2.75) is 50.7 Å². The van der Waals surface area contributed by atoms with Crippen LogP contribution in [0.4, 0.5) is 4.39 Å². The Balaban J connectivity index is 1.90. The average molecular weight is 565 g/mol. The molecular weight excluding hydrogens is 539 g/mol. The van der Waals surface area contributed by atoms with Gasteiger partial charge < -0.3 is 15.1 Å². The molecule has 2 aromatic heterocycles. The first-order chi connectivity index (χ1) is 16.5. The molecule has 8 nitrogen and oxygen atoms in total. The molecule has 0 radical (unpaired) electrons. The van der Waals surface area contributed by atoms with Gasteiger partial charge in [0.25, 0.3) is 5.91 Å². The van der Waals surface area contributed by atoms with Crippen molar-refractivity contribution < 1.29 is 24.2 Å². The van der Waals surface area contributed by atoms with E-state index < -0.39 is 35.2 Å². The van der Waals surface area contributed by atoms with E-state index in [0.29, 0.717) is 15.0 Å². The van der Waals surface area contributed by atoms with Gasteiger partial charge in [-0.05, 0) is 35.6 Å². The van der Waals surface area contributed by atoms with Crippen LogP contribution in [0.1, 0.15) is 54.2 Å². The average Bonchev–Trinajstić information content (AvgIpc) is 3.54. The third-order valence-electron chi connectivity index (χ3n) is 6.42. The van der Waals surface area contributed by atoms with Crippen LogP contribution in [0.5, 0.6) is 0 Å². The molecule has 0 saturated carbocycles. The molecule has 1 aliphatic heterocycles. The number of thiazole rings is 1. The number of halogens is 2. The molecule has 1 aliphatic rings. The van der Waals surface area contributed by atoms with Crippen LogP contribution in [0.3, 0.4) is 0 Å². The van der Waals surface area contributed by atoms with Gasteiger partial charge in [0.2, 0.25) is 0 Å². The quantitative estimate of drug-likeness (QED) is 0.463. The van der Waals surface area contributed by atoms with Crippen molar-refractivity contribution >= 4 is 39.1 Å². The molecule has 35 heavy (non-hydrogen) atoms. The van der Waals surface area contributed by atoms with Crippen LogP contribution in [0.25, 0.3) is 0 Å². The van der Waals surface area contributed by atoms with Gasteiger partial charge >= 0.3 is 5.97 Å². The zero-order chi connectivity index (χ0) is 25.5. The Morgan fingerprint density at radius 3 is 2.60 bits per heavy atom. The number of rotatable bonds is 6. The van der Waals surface area contributed by atoms with E-state index in [1.165, 1.54) is 39.2 Å². The highest BCUT2D eigenvalue weighted by Gasteiger charge is 2.60. The second-order valence-electron chi connectivity index (χ2n) is 9.74. The minimum atomic E-state index is -1.78. The zero-order valence-corrected chi connectivity index (χ0v) is 21.9. The number of aromatic nitrogens is 3. The van der Waals surface area contributed by atoms with Crippen molar-refractivity contribution in [3.63, 3.8) is 0 Å². The molecular formula is C24H26BrFN4O4S. The Morgan fingerprint density at radius 1 is 1.31 bits per heavy atom. The molecule has 186 valence electrons. The molecule has 1 saturated heterocycles. The highest BCUT2D eigenvalue weighted by molar-refractivity contribution is 9.10. The van der Waals surface area contributed by atoms with Gasteiger partial charge in [-0.1, -0.05) is 36.7 Å². The van der Waals surface area contributed by atoms with Crippen molar-refractivity contribution in [2.24, 2.45) is 5.92 Å². The summed E-state index contributed by atoms with van der Waals surface area (Å²) in [6.07, 6.45) is 4.63. The molecule has 0 unspecified atom stereocenters. The molecule has 1 fully saturated rings. The summed E-state index contributed by atoms with van der Waals surface area (Å²) in [5.74, 6) is -3.40. The number of carbonyl (C=O) groups is 2. The van der Waals surface area contributed by atoms with E-state index in [4.69, 9.17) is 0 Å². The first-order valence-corrected chi connectivity index (χ1v) is 12.7. The lowest BCUT2D eigenvalue weighted by atomic mass is 9.86. The number of carboxylic acid groups (broad SMARTS) is 1. The summed E-state index contributed by atoms with van der Waals surface area (Å²) >= 11 is 4.72. The summed E-state index contributed by atoms with van der Waals surface area (Å²) in [5, 5.41) is 27.0. The summed E-state index contributed by atoms with van der Waals surface area (Å²) in [4.78, 5) is 32.5. The number of hydrogen-bond donors (Lipinski definition) is 2. The molecule has 4 rings (SSSR count). The van der Waals surface area contributed by atoms with E-state index in [1.54, 1.807) is 23.8 Å². The number of benzene rings is 1. The third-order valence-corrected chi connectivity index (χ3v) is 7.92. The largest absolute Gasteiger partial charge is 0.479 e. The first kappa shape index (κ1) is 25.5. The number of aliphatic hydroxyl groups excluding tert-OH is 1. The topological polar surface area (TPSA) is 109 Å². The number of aliphatic hydroxyl groups is 1. The summed E-state index contributed by atoms with van der Waals surface area (Å²) in [6.45, 7) is 5.26. The fraction of sp³-hybridized carbons (Fsp3) is 0.417. The van der Waals surface area contributed by atoms with Gasteiger partial charge in [0.1, 0.15) is 10.8 Å². The Hall–Kier alpha value is -2.63. The molecule has 3 heterocycles. The molecule has 0 spiro atoms. The highest BCUT2D eigenvalue weighted by Crippen LogP contribution is 2.49. The van der Waals surface area contributed by atoms with Crippen molar-refractivity contribution in [3.05, 3.63) is 68.6 Å². The summed E-state index contributed by atoms with van der Waals surface area (Å²) in [5.41, 5.74) is -1.74. The van der Waals surface area contributed by atoms with E-state index in [9.17, 15) is 19.8 Å². The maximum atomic E-state index is 15.4. The molecule has 0 bridgehead atoms. The smallest absolute Gasteiger partial charge is 0.331 e. The maximum absolute atomic E-state index is 15.4. The van der Waals surface area contributed by atoms with Gasteiger partial charge in [-0.3, -0.25) is 9.48 Å². The van der Waals surface area contributed by atoms with Crippen LogP contribution in [0.15, 0.2) is 46.6 Å². The number of carboxylic acids is 1. The van der Waals surface area contributed by atoms with Gasteiger partial charge in [-0.15, -0.1) is 11.3 Å². The molecule has 1 amide bonds. The predicted octanol–water partition coefficient (Wildman–Crippen LogP) is 4.26. The van der Waals surface area contributed by atoms with E-state index >= 15 is 4.39 Å². The van der Waals surface area contributed by atoms with E-state index in [-0.39, 0.29) is 30.6 Å². The van der Waals surface area contributed by atoms with Crippen LogP contribution in [0, 0.1) is 11.7 Å². The summed E-state index contributed by atoms with van der Waals surface area (Å²) in [7, 11) is 0. The second kappa shape index (κ2) is 9.44. The Kier molecular flexibility index (Phi) is 6.87. The second-order valence-corrected chi connectivity index (χ2v) is 11.5. The lowest BCUT2D eigenvalue weighted by Gasteiger charge is -2.37. The summed E-state index contributed by atoms with van der Waals surface area (Å²) in [6, 6.07) is 3.52.